The molecule has 2 N–H and O–H groups in total. The highest BCUT2D eigenvalue weighted by molar-refractivity contribution is 6.30. The van der Waals surface area contributed by atoms with Crippen LogP contribution in [0.3, 0.4) is 0 Å². The molecule has 1 fully saturated rings. The van der Waals surface area contributed by atoms with Crippen LogP contribution in [-0.4, -0.2) is 72.6 Å². The number of fused-ring (bicyclic) bond motifs is 1. The van der Waals surface area contributed by atoms with Crippen molar-refractivity contribution in [3.05, 3.63) is 17.4 Å². The van der Waals surface area contributed by atoms with Crippen molar-refractivity contribution in [3.63, 3.8) is 0 Å². The van der Waals surface area contributed by atoms with Crippen molar-refractivity contribution >= 4 is 40.2 Å². The molecule has 134 valence electrons. The minimum atomic E-state index is -0.0233. The molecular weight excluding hydrogens is 342 g/mol. The van der Waals surface area contributed by atoms with Crippen molar-refractivity contribution in [2.75, 3.05) is 57.0 Å². The molecule has 8 nitrogen and oxygen atoms in total. The Morgan fingerprint density at radius 1 is 1.28 bits per heavy atom. The molecular formula is C16H22ClN7O. The number of piperazine rings is 1. The molecule has 0 bridgehead atoms. The molecule has 0 aliphatic carbocycles. The van der Waals surface area contributed by atoms with Gasteiger partial charge in [-0.25, -0.2) is 9.97 Å². The average Bonchev–Trinajstić information content (AvgIpc) is 2.62. The summed E-state index contributed by atoms with van der Waals surface area (Å²) in [7, 11) is 3.73. The highest BCUT2D eigenvalue weighted by Gasteiger charge is 2.18. The number of nitrogens with one attached hydrogen (secondary N) is 2. The molecule has 2 aromatic heterocycles. The quantitative estimate of drug-likeness (QED) is 0.766. The van der Waals surface area contributed by atoms with E-state index in [4.69, 9.17) is 11.6 Å². The fraction of sp³-hybridized carbons (Fsp3) is 0.500. The van der Waals surface area contributed by atoms with Crippen molar-refractivity contribution in [1.29, 1.82) is 0 Å². The van der Waals surface area contributed by atoms with Crippen LogP contribution in [0.2, 0.25) is 5.15 Å². The molecule has 1 aliphatic rings. The second-order valence-corrected chi connectivity index (χ2v) is 6.42. The fourth-order valence-corrected chi connectivity index (χ4v) is 2.85. The molecule has 3 heterocycles. The number of amides is 1. The Hall–Kier alpha value is -2.19. The van der Waals surface area contributed by atoms with Crippen molar-refractivity contribution in [3.8, 4) is 0 Å². The molecule has 2 aromatic rings. The van der Waals surface area contributed by atoms with E-state index in [1.165, 1.54) is 0 Å². The lowest BCUT2D eigenvalue weighted by Crippen LogP contribution is -2.45. The van der Waals surface area contributed by atoms with E-state index in [0.29, 0.717) is 29.9 Å². The second kappa shape index (κ2) is 7.79. The van der Waals surface area contributed by atoms with Crippen LogP contribution in [0, 0.1) is 0 Å². The number of rotatable bonds is 5. The van der Waals surface area contributed by atoms with Gasteiger partial charge in [-0.2, -0.15) is 4.98 Å². The van der Waals surface area contributed by atoms with Gasteiger partial charge in [-0.3, -0.25) is 4.79 Å². The Morgan fingerprint density at radius 2 is 2.04 bits per heavy atom. The summed E-state index contributed by atoms with van der Waals surface area (Å²) in [6.45, 7) is 4.18. The van der Waals surface area contributed by atoms with Gasteiger partial charge in [-0.1, -0.05) is 11.6 Å². The first-order valence-electron chi connectivity index (χ1n) is 8.28. The minimum absolute atomic E-state index is 0.0233. The van der Waals surface area contributed by atoms with Crippen LogP contribution in [0.4, 0.5) is 11.8 Å². The van der Waals surface area contributed by atoms with Gasteiger partial charge >= 0.3 is 0 Å². The lowest BCUT2D eigenvalue weighted by molar-refractivity contribution is -0.120. The van der Waals surface area contributed by atoms with E-state index in [9.17, 15) is 4.79 Å². The van der Waals surface area contributed by atoms with E-state index >= 15 is 0 Å². The summed E-state index contributed by atoms with van der Waals surface area (Å²) < 4.78 is 0. The lowest BCUT2D eigenvalue weighted by atomic mass is 10.2. The number of carbonyl (C=O) groups excluding carboxylic acids is 1. The summed E-state index contributed by atoms with van der Waals surface area (Å²) in [6.07, 6.45) is 2.02. The summed E-state index contributed by atoms with van der Waals surface area (Å²) in [5.41, 5.74) is 0.732. The standard InChI is InChI=1S/C16H22ClN7O/c1-18-14(25)3-4-19-15-11-9-13(17)20-10-12(11)21-16(22-15)24-7-5-23(2)6-8-24/h9-10H,3-8H2,1-2H3,(H,18,25)(H,19,21,22). The number of nitrogens with zero attached hydrogens (tertiary/aromatic N) is 5. The van der Waals surface area contributed by atoms with Crippen LogP contribution in [-0.2, 0) is 4.79 Å². The van der Waals surface area contributed by atoms with Gasteiger partial charge in [-0.15, -0.1) is 0 Å². The van der Waals surface area contributed by atoms with E-state index in [1.807, 2.05) is 0 Å². The van der Waals surface area contributed by atoms with Crippen LogP contribution < -0.4 is 15.5 Å². The molecule has 3 rings (SSSR count). The number of pyridine rings is 1. The van der Waals surface area contributed by atoms with E-state index in [2.05, 4.69) is 42.4 Å². The van der Waals surface area contributed by atoms with Gasteiger partial charge in [0, 0.05) is 51.6 Å². The fourth-order valence-electron chi connectivity index (χ4n) is 2.70. The van der Waals surface area contributed by atoms with E-state index in [-0.39, 0.29) is 5.91 Å². The largest absolute Gasteiger partial charge is 0.369 e. The van der Waals surface area contributed by atoms with Crippen molar-refractivity contribution in [2.45, 2.75) is 6.42 Å². The zero-order chi connectivity index (χ0) is 17.8. The topological polar surface area (TPSA) is 86.3 Å². The molecule has 9 heteroatoms. The van der Waals surface area contributed by atoms with Crippen LogP contribution in [0.25, 0.3) is 10.9 Å². The number of hydrogen-bond acceptors (Lipinski definition) is 7. The smallest absolute Gasteiger partial charge is 0.228 e. The normalized spacial score (nSPS) is 15.4. The van der Waals surface area contributed by atoms with Gasteiger partial charge < -0.3 is 20.4 Å². The molecule has 0 unspecified atom stereocenters. The Balaban J connectivity index is 1.88. The number of halogens is 1. The molecule has 1 aliphatic heterocycles. The first-order chi connectivity index (χ1) is 12.1. The van der Waals surface area contributed by atoms with Gasteiger partial charge in [0.25, 0.3) is 0 Å². The first kappa shape index (κ1) is 17.6. The monoisotopic (exact) mass is 363 g/mol. The molecule has 0 spiro atoms. The lowest BCUT2D eigenvalue weighted by Gasteiger charge is -2.32. The van der Waals surface area contributed by atoms with E-state index in [1.54, 1.807) is 19.3 Å². The predicted octanol–water partition coefficient (Wildman–Crippen LogP) is 0.978. The van der Waals surface area contributed by atoms with E-state index < -0.39 is 0 Å². The van der Waals surface area contributed by atoms with Gasteiger partial charge in [0.2, 0.25) is 11.9 Å². The summed E-state index contributed by atoms with van der Waals surface area (Å²) >= 11 is 6.03. The highest BCUT2D eigenvalue weighted by Crippen LogP contribution is 2.25. The summed E-state index contributed by atoms with van der Waals surface area (Å²) in [4.78, 5) is 29.3. The van der Waals surface area contributed by atoms with Gasteiger partial charge in [0.15, 0.2) is 0 Å². The first-order valence-corrected chi connectivity index (χ1v) is 8.66. The molecule has 0 aromatic carbocycles. The third-order valence-corrected chi connectivity index (χ3v) is 4.45. The van der Waals surface area contributed by atoms with Gasteiger partial charge in [0.05, 0.1) is 11.7 Å². The number of likely N-dealkylation sites (N-methyl/N-ethyl adjacent to an activating group) is 1. The van der Waals surface area contributed by atoms with Crippen LogP contribution in [0.5, 0.6) is 0 Å². The Labute approximate surface area is 151 Å². The average molecular weight is 364 g/mol. The predicted molar refractivity (Wildman–Crippen MR) is 99.2 cm³/mol. The maximum Gasteiger partial charge on any atom is 0.228 e. The highest BCUT2D eigenvalue weighted by atomic mass is 35.5. The third kappa shape index (κ3) is 4.26. The molecule has 1 amide bonds. The Morgan fingerprint density at radius 3 is 2.76 bits per heavy atom. The Bertz CT molecular complexity index is 761. The molecule has 25 heavy (non-hydrogen) atoms. The van der Waals surface area contributed by atoms with Gasteiger partial charge in [0.1, 0.15) is 11.0 Å². The van der Waals surface area contributed by atoms with E-state index in [0.717, 1.165) is 37.1 Å². The summed E-state index contributed by atoms with van der Waals surface area (Å²) in [6, 6.07) is 1.74. The number of hydrogen-bond donors (Lipinski definition) is 2. The van der Waals surface area contributed by atoms with Crippen LogP contribution >= 0.6 is 11.6 Å². The number of carbonyl (C=O) groups is 1. The zero-order valence-electron chi connectivity index (χ0n) is 14.4. The van der Waals surface area contributed by atoms with Crippen molar-refractivity contribution in [2.24, 2.45) is 0 Å². The molecule has 0 atom stereocenters. The van der Waals surface area contributed by atoms with Crippen LogP contribution in [0.1, 0.15) is 6.42 Å². The van der Waals surface area contributed by atoms with Crippen molar-refractivity contribution in [1.82, 2.24) is 25.2 Å². The zero-order valence-corrected chi connectivity index (χ0v) is 15.2. The maximum atomic E-state index is 11.4. The molecule has 0 radical (unpaired) electrons. The summed E-state index contributed by atoms with van der Waals surface area (Å²) in [5.74, 6) is 1.32. The Kier molecular flexibility index (Phi) is 5.50. The SMILES string of the molecule is CNC(=O)CCNc1nc(N2CCN(C)CC2)nc2cnc(Cl)cc12. The molecule has 1 saturated heterocycles. The number of anilines is 2. The third-order valence-electron chi connectivity index (χ3n) is 4.25. The minimum Gasteiger partial charge on any atom is -0.369 e. The second-order valence-electron chi connectivity index (χ2n) is 6.04. The molecule has 0 saturated carbocycles. The number of aromatic nitrogens is 3. The maximum absolute atomic E-state index is 11.4. The van der Waals surface area contributed by atoms with Gasteiger partial charge in [-0.05, 0) is 13.1 Å². The summed E-state index contributed by atoms with van der Waals surface area (Å²) in [5, 5.41) is 7.03. The van der Waals surface area contributed by atoms with Crippen molar-refractivity contribution < 1.29 is 4.79 Å². The van der Waals surface area contributed by atoms with Crippen LogP contribution in [0.15, 0.2) is 12.3 Å².